The Morgan fingerprint density at radius 2 is 1.71 bits per heavy atom. The van der Waals surface area contributed by atoms with Crippen LogP contribution in [-0.4, -0.2) is 37.0 Å². The highest BCUT2D eigenvalue weighted by Crippen LogP contribution is 2.43. The van der Waals surface area contributed by atoms with Gasteiger partial charge in [-0.1, -0.05) is 56.3 Å². The highest BCUT2D eigenvalue weighted by atomic mass is 19.1. The number of halogens is 1. The van der Waals surface area contributed by atoms with Crippen LogP contribution in [0.25, 0.3) is 0 Å². The minimum atomic E-state index is -0.680. The molecule has 0 fully saturated rings. The van der Waals surface area contributed by atoms with Crippen LogP contribution < -0.4 is 5.32 Å². The van der Waals surface area contributed by atoms with Gasteiger partial charge in [-0.15, -0.1) is 0 Å². The third-order valence-electron chi connectivity index (χ3n) is 6.31. The van der Waals surface area contributed by atoms with Crippen molar-refractivity contribution in [2.45, 2.75) is 31.7 Å². The number of fused-ring (bicyclic) bond motifs is 1. The van der Waals surface area contributed by atoms with Crippen LogP contribution in [0, 0.1) is 5.82 Å². The van der Waals surface area contributed by atoms with Gasteiger partial charge in [-0.25, -0.2) is 4.39 Å². The molecule has 0 unspecified atom stereocenters. The van der Waals surface area contributed by atoms with Gasteiger partial charge in [0.15, 0.2) is 0 Å². The number of carbonyl (C=O) groups excluding carboxylic acids is 2. The van der Waals surface area contributed by atoms with Gasteiger partial charge in [0, 0.05) is 24.9 Å². The molecule has 1 N–H and O–H groups in total. The molecule has 1 heterocycles. The van der Waals surface area contributed by atoms with Gasteiger partial charge in [-0.05, 0) is 52.9 Å². The van der Waals surface area contributed by atoms with Crippen LogP contribution in [0.5, 0.6) is 0 Å². The molecule has 0 saturated heterocycles. The van der Waals surface area contributed by atoms with E-state index in [0.29, 0.717) is 41.4 Å². The first-order valence-electron chi connectivity index (χ1n) is 11.5. The van der Waals surface area contributed by atoms with E-state index in [2.05, 4.69) is 19.2 Å². The molecule has 34 heavy (non-hydrogen) atoms. The van der Waals surface area contributed by atoms with Gasteiger partial charge >= 0.3 is 0 Å². The average molecular weight is 461 g/mol. The van der Waals surface area contributed by atoms with Crippen LogP contribution in [0.4, 0.5) is 10.1 Å². The van der Waals surface area contributed by atoms with Crippen molar-refractivity contribution in [3.8, 4) is 0 Å². The SMILES string of the molecule is COCCN1C(=O)c2ccccc2[C@@H](C(=O)Nc2ccc(C(C)C)cc2)[C@H]1c1ccc(F)cc1. The molecule has 3 aromatic rings. The van der Waals surface area contributed by atoms with E-state index < -0.39 is 12.0 Å². The van der Waals surface area contributed by atoms with Gasteiger partial charge in [0.25, 0.3) is 5.91 Å². The molecule has 1 aliphatic rings. The van der Waals surface area contributed by atoms with Crippen LogP contribution in [-0.2, 0) is 9.53 Å². The number of methoxy groups -OCH3 is 1. The van der Waals surface area contributed by atoms with Crippen LogP contribution in [0.3, 0.4) is 0 Å². The number of amides is 2. The van der Waals surface area contributed by atoms with Crippen molar-refractivity contribution >= 4 is 17.5 Å². The summed E-state index contributed by atoms with van der Waals surface area (Å²) in [5.74, 6) is -1.07. The molecule has 0 spiro atoms. The summed E-state index contributed by atoms with van der Waals surface area (Å²) in [7, 11) is 1.57. The third-order valence-corrected chi connectivity index (χ3v) is 6.31. The number of rotatable bonds is 7. The van der Waals surface area contributed by atoms with Gasteiger partial charge in [-0.3, -0.25) is 9.59 Å². The van der Waals surface area contributed by atoms with E-state index >= 15 is 0 Å². The van der Waals surface area contributed by atoms with E-state index in [0.717, 1.165) is 0 Å². The molecule has 0 radical (unpaired) electrons. The lowest BCUT2D eigenvalue weighted by Gasteiger charge is -2.41. The normalized spacial score (nSPS) is 17.6. The summed E-state index contributed by atoms with van der Waals surface area (Å²) in [6, 6.07) is 20.4. The number of ether oxygens (including phenoxy) is 1. The third kappa shape index (κ3) is 4.73. The maximum absolute atomic E-state index is 13.8. The number of hydrogen-bond acceptors (Lipinski definition) is 3. The predicted octanol–water partition coefficient (Wildman–Crippen LogP) is 5.51. The van der Waals surface area contributed by atoms with Gasteiger partial charge < -0.3 is 15.0 Å². The quantitative estimate of drug-likeness (QED) is 0.505. The minimum absolute atomic E-state index is 0.174. The lowest BCUT2D eigenvalue weighted by atomic mass is 9.79. The molecule has 176 valence electrons. The van der Waals surface area contributed by atoms with Crippen molar-refractivity contribution in [2.24, 2.45) is 0 Å². The summed E-state index contributed by atoms with van der Waals surface area (Å²) in [6.45, 7) is 4.85. The fraction of sp³-hybridized carbons (Fsp3) is 0.286. The van der Waals surface area contributed by atoms with Gasteiger partial charge in [-0.2, -0.15) is 0 Å². The molecule has 2 amide bonds. The Hall–Kier alpha value is -3.51. The summed E-state index contributed by atoms with van der Waals surface area (Å²) in [5.41, 5.74) is 3.71. The van der Waals surface area contributed by atoms with Crippen LogP contribution >= 0.6 is 0 Å². The molecular weight excluding hydrogens is 431 g/mol. The number of anilines is 1. The Kier molecular flexibility index (Phi) is 7.08. The van der Waals surface area contributed by atoms with E-state index in [-0.39, 0.29) is 17.6 Å². The van der Waals surface area contributed by atoms with Crippen molar-refractivity contribution in [1.29, 1.82) is 0 Å². The summed E-state index contributed by atoms with van der Waals surface area (Å²) < 4.78 is 19.0. The topological polar surface area (TPSA) is 58.6 Å². The zero-order valence-electron chi connectivity index (χ0n) is 19.6. The number of carbonyl (C=O) groups is 2. The molecular formula is C28H29FN2O3. The van der Waals surface area contributed by atoms with E-state index in [9.17, 15) is 14.0 Å². The lowest BCUT2D eigenvalue weighted by Crippen LogP contribution is -2.47. The minimum Gasteiger partial charge on any atom is -0.383 e. The molecule has 4 rings (SSSR count). The summed E-state index contributed by atoms with van der Waals surface area (Å²) in [4.78, 5) is 28.9. The summed E-state index contributed by atoms with van der Waals surface area (Å²) >= 11 is 0. The van der Waals surface area contributed by atoms with E-state index in [1.54, 1.807) is 36.3 Å². The van der Waals surface area contributed by atoms with Crippen LogP contribution in [0.1, 0.15) is 58.8 Å². The maximum Gasteiger partial charge on any atom is 0.254 e. The molecule has 0 aliphatic carbocycles. The first kappa shape index (κ1) is 23.6. The molecule has 6 heteroatoms. The number of nitrogens with one attached hydrogen (secondary N) is 1. The smallest absolute Gasteiger partial charge is 0.254 e. The highest BCUT2D eigenvalue weighted by Gasteiger charge is 2.44. The van der Waals surface area contributed by atoms with Crippen molar-refractivity contribution in [3.05, 3.63) is 101 Å². The van der Waals surface area contributed by atoms with Crippen LogP contribution in [0.2, 0.25) is 0 Å². The van der Waals surface area contributed by atoms with Crippen molar-refractivity contribution in [2.75, 3.05) is 25.6 Å². The van der Waals surface area contributed by atoms with E-state index in [4.69, 9.17) is 4.74 Å². The monoisotopic (exact) mass is 460 g/mol. The fourth-order valence-corrected chi connectivity index (χ4v) is 4.51. The van der Waals surface area contributed by atoms with E-state index in [1.807, 2.05) is 36.4 Å². The first-order chi connectivity index (χ1) is 16.4. The zero-order valence-corrected chi connectivity index (χ0v) is 19.6. The van der Waals surface area contributed by atoms with Gasteiger partial charge in [0.2, 0.25) is 5.91 Å². The Morgan fingerprint density at radius 3 is 2.35 bits per heavy atom. The number of benzene rings is 3. The number of nitrogens with zero attached hydrogens (tertiary/aromatic N) is 1. The zero-order chi connectivity index (χ0) is 24.2. The van der Waals surface area contributed by atoms with Crippen molar-refractivity contribution in [3.63, 3.8) is 0 Å². The molecule has 0 saturated carbocycles. The largest absolute Gasteiger partial charge is 0.383 e. The fourth-order valence-electron chi connectivity index (χ4n) is 4.51. The summed E-state index contributed by atoms with van der Waals surface area (Å²) in [5, 5.41) is 3.04. The average Bonchev–Trinajstić information content (AvgIpc) is 2.84. The maximum atomic E-state index is 13.8. The molecule has 3 aromatic carbocycles. The first-order valence-corrected chi connectivity index (χ1v) is 11.5. The second kappa shape index (κ2) is 10.2. The predicted molar refractivity (Wildman–Crippen MR) is 130 cm³/mol. The molecule has 2 atom stereocenters. The molecule has 1 aliphatic heterocycles. The van der Waals surface area contributed by atoms with Gasteiger partial charge in [0.1, 0.15) is 5.82 Å². The van der Waals surface area contributed by atoms with Crippen molar-refractivity contribution < 1.29 is 18.7 Å². The lowest BCUT2D eigenvalue weighted by molar-refractivity contribution is -0.119. The van der Waals surface area contributed by atoms with Crippen molar-refractivity contribution in [1.82, 2.24) is 4.90 Å². The second-order valence-corrected chi connectivity index (χ2v) is 8.82. The van der Waals surface area contributed by atoms with Gasteiger partial charge in [0.05, 0.1) is 18.6 Å². The Bertz CT molecular complexity index is 1160. The molecule has 5 nitrogen and oxygen atoms in total. The Balaban J connectivity index is 1.77. The summed E-state index contributed by atoms with van der Waals surface area (Å²) in [6.07, 6.45) is 0. The Morgan fingerprint density at radius 1 is 1.03 bits per heavy atom. The Labute approximate surface area is 199 Å². The van der Waals surface area contributed by atoms with Crippen LogP contribution in [0.15, 0.2) is 72.8 Å². The van der Waals surface area contributed by atoms with E-state index in [1.165, 1.54) is 17.7 Å². The molecule has 0 aromatic heterocycles. The second-order valence-electron chi connectivity index (χ2n) is 8.82. The highest BCUT2D eigenvalue weighted by molar-refractivity contribution is 6.04. The number of hydrogen-bond donors (Lipinski definition) is 1. The molecule has 0 bridgehead atoms. The standard InChI is InChI=1S/C28H29FN2O3/c1-18(2)19-10-14-22(15-11-19)30-27(32)25-23-6-4-5-7-24(23)28(33)31(16-17-34-3)26(25)20-8-12-21(29)13-9-20/h4-15,18,25-26H,16-17H2,1-3H3,(H,30,32)/t25-,26-/m1/s1.